The van der Waals surface area contributed by atoms with Gasteiger partial charge in [0.15, 0.2) is 5.82 Å². The highest BCUT2D eigenvalue weighted by Crippen LogP contribution is 2.36. The van der Waals surface area contributed by atoms with E-state index in [2.05, 4.69) is 0 Å². The average molecular weight is 307 g/mol. The summed E-state index contributed by atoms with van der Waals surface area (Å²) in [6.45, 7) is 5.26. The molecule has 19 heavy (non-hydrogen) atoms. The van der Waals surface area contributed by atoms with Crippen LogP contribution in [0.3, 0.4) is 0 Å². The first-order valence-electron chi connectivity index (χ1n) is 5.49. The molecule has 0 fully saturated rings. The first-order valence-corrected chi connectivity index (χ1v) is 6.85. The van der Waals surface area contributed by atoms with Crippen LogP contribution in [0.5, 0.6) is 0 Å². The van der Waals surface area contributed by atoms with E-state index in [0.717, 1.165) is 11.8 Å². The number of carbonyl (C=O) groups excluding carboxylic acids is 1. The van der Waals surface area contributed by atoms with Crippen LogP contribution in [-0.4, -0.2) is 17.3 Å². The number of hydrogen-bond acceptors (Lipinski definition) is 5. The highest BCUT2D eigenvalue weighted by atomic mass is 35.5. The second-order valence-corrected chi connectivity index (χ2v) is 6.25. The van der Waals surface area contributed by atoms with Gasteiger partial charge in [-0.25, -0.2) is 4.39 Å². The Bertz CT molecular complexity index is 503. The van der Waals surface area contributed by atoms with E-state index in [1.165, 1.54) is 6.07 Å². The Morgan fingerprint density at radius 1 is 1.42 bits per heavy atom. The van der Waals surface area contributed by atoms with Gasteiger partial charge in [0, 0.05) is 0 Å². The fourth-order valence-corrected chi connectivity index (χ4v) is 2.28. The van der Waals surface area contributed by atoms with Crippen LogP contribution >= 0.6 is 23.4 Å². The van der Waals surface area contributed by atoms with Gasteiger partial charge in [0.25, 0.3) is 0 Å². The van der Waals surface area contributed by atoms with Gasteiger partial charge in [0.1, 0.15) is 10.6 Å². The lowest BCUT2D eigenvalue weighted by molar-refractivity contribution is -0.151. The van der Waals surface area contributed by atoms with Gasteiger partial charge in [0.2, 0.25) is 0 Å². The molecule has 0 aromatic heterocycles. The van der Waals surface area contributed by atoms with Crippen molar-refractivity contribution in [3.63, 3.8) is 0 Å². The van der Waals surface area contributed by atoms with Gasteiger partial charge in [-0.1, -0.05) is 11.6 Å². The van der Waals surface area contributed by atoms with Crippen molar-refractivity contribution >= 4 is 40.7 Å². The van der Waals surface area contributed by atoms with E-state index < -0.39 is 17.4 Å². The van der Waals surface area contributed by atoms with Gasteiger partial charge in [-0.05, 0) is 26.8 Å². The van der Waals surface area contributed by atoms with Crippen LogP contribution in [0.2, 0.25) is 5.02 Å². The lowest BCUT2D eigenvalue weighted by atomic mass is 10.2. The van der Waals surface area contributed by atoms with E-state index in [1.54, 1.807) is 20.8 Å². The SMILES string of the molecule is CC(C)(C)OC(=O)CSc1c(N)cc(N)c(Cl)c1F. The van der Waals surface area contributed by atoms with Crippen LogP contribution in [0.15, 0.2) is 11.0 Å². The van der Waals surface area contributed by atoms with E-state index in [4.69, 9.17) is 27.8 Å². The molecule has 4 N–H and O–H groups in total. The summed E-state index contributed by atoms with van der Waals surface area (Å²) in [7, 11) is 0. The second-order valence-electron chi connectivity index (χ2n) is 4.89. The number of anilines is 2. The van der Waals surface area contributed by atoms with Crippen molar-refractivity contribution in [3.05, 3.63) is 16.9 Å². The van der Waals surface area contributed by atoms with Crippen molar-refractivity contribution in [1.29, 1.82) is 0 Å². The molecule has 0 saturated heterocycles. The standard InChI is InChI=1S/C12H16ClFN2O2S/c1-12(2,3)18-8(17)5-19-11-7(16)4-6(15)9(13)10(11)14/h4H,5,15-16H2,1-3H3. The lowest BCUT2D eigenvalue weighted by Crippen LogP contribution is -2.25. The third-order valence-electron chi connectivity index (χ3n) is 1.97. The Balaban J connectivity index is 2.79. The zero-order chi connectivity index (χ0) is 14.8. The maximum absolute atomic E-state index is 13.8. The summed E-state index contributed by atoms with van der Waals surface area (Å²) in [5.74, 6) is -1.23. The quantitative estimate of drug-likeness (QED) is 0.510. The Morgan fingerprint density at radius 2 is 2.00 bits per heavy atom. The molecule has 4 nitrogen and oxygen atoms in total. The number of carbonyl (C=O) groups is 1. The Morgan fingerprint density at radius 3 is 2.53 bits per heavy atom. The van der Waals surface area contributed by atoms with E-state index >= 15 is 0 Å². The fourth-order valence-electron chi connectivity index (χ4n) is 1.30. The van der Waals surface area contributed by atoms with Crippen molar-refractivity contribution in [2.75, 3.05) is 17.2 Å². The van der Waals surface area contributed by atoms with Crippen molar-refractivity contribution in [3.8, 4) is 0 Å². The Kier molecular flexibility index (Phi) is 4.92. The van der Waals surface area contributed by atoms with Gasteiger partial charge in [-0.3, -0.25) is 4.79 Å². The van der Waals surface area contributed by atoms with Crippen LogP contribution in [0, 0.1) is 5.82 Å². The number of nitrogen functional groups attached to an aromatic ring is 2. The van der Waals surface area contributed by atoms with Crippen LogP contribution in [0.1, 0.15) is 20.8 Å². The van der Waals surface area contributed by atoms with Gasteiger partial charge in [-0.15, -0.1) is 11.8 Å². The molecule has 0 aliphatic carbocycles. The minimum atomic E-state index is -0.715. The summed E-state index contributed by atoms with van der Waals surface area (Å²) in [4.78, 5) is 11.6. The number of esters is 1. The highest BCUT2D eigenvalue weighted by Gasteiger charge is 2.19. The summed E-state index contributed by atoms with van der Waals surface area (Å²) in [6, 6.07) is 1.36. The van der Waals surface area contributed by atoms with Crippen LogP contribution < -0.4 is 11.5 Å². The molecule has 1 rings (SSSR count). The monoisotopic (exact) mass is 306 g/mol. The minimum absolute atomic E-state index is 0.0569. The summed E-state index contributed by atoms with van der Waals surface area (Å²) in [5, 5.41) is -0.194. The number of hydrogen-bond donors (Lipinski definition) is 2. The van der Waals surface area contributed by atoms with Crippen molar-refractivity contribution in [1.82, 2.24) is 0 Å². The lowest BCUT2D eigenvalue weighted by Gasteiger charge is -2.19. The molecular weight excluding hydrogens is 291 g/mol. The third-order valence-corrected chi connectivity index (χ3v) is 3.44. The van der Waals surface area contributed by atoms with Crippen LogP contribution in [0.4, 0.5) is 15.8 Å². The van der Waals surface area contributed by atoms with Crippen LogP contribution in [0.25, 0.3) is 0 Å². The normalized spacial score (nSPS) is 11.4. The zero-order valence-corrected chi connectivity index (χ0v) is 12.5. The molecule has 106 valence electrons. The first kappa shape index (κ1) is 15.9. The molecule has 0 aliphatic rings. The molecule has 1 aromatic rings. The zero-order valence-electron chi connectivity index (χ0n) is 10.9. The first-order chi connectivity index (χ1) is 8.61. The smallest absolute Gasteiger partial charge is 0.316 e. The van der Waals surface area contributed by atoms with Gasteiger partial charge in [0.05, 0.1) is 22.0 Å². The number of benzene rings is 1. The van der Waals surface area contributed by atoms with Gasteiger partial charge in [-0.2, -0.15) is 0 Å². The van der Waals surface area contributed by atoms with Crippen LogP contribution in [-0.2, 0) is 9.53 Å². The fraction of sp³-hybridized carbons (Fsp3) is 0.417. The molecule has 0 atom stereocenters. The third kappa shape index (κ3) is 4.47. The molecule has 0 heterocycles. The number of nitrogens with two attached hydrogens (primary N) is 2. The molecule has 0 radical (unpaired) electrons. The summed E-state index contributed by atoms with van der Waals surface area (Å²) < 4.78 is 19.0. The molecule has 1 aromatic carbocycles. The summed E-state index contributed by atoms with van der Waals surface area (Å²) in [6.07, 6.45) is 0. The molecule has 7 heteroatoms. The number of halogens is 2. The van der Waals surface area contributed by atoms with E-state index in [1.807, 2.05) is 0 Å². The Hall–Kier alpha value is -1.14. The molecule has 0 unspecified atom stereocenters. The maximum atomic E-state index is 13.8. The Labute approximate surface area is 120 Å². The molecule has 0 bridgehead atoms. The second kappa shape index (κ2) is 5.88. The molecule has 0 saturated carbocycles. The van der Waals surface area contributed by atoms with Crippen molar-refractivity contribution in [2.24, 2.45) is 0 Å². The van der Waals surface area contributed by atoms with E-state index in [9.17, 15) is 9.18 Å². The van der Waals surface area contributed by atoms with Gasteiger partial charge >= 0.3 is 5.97 Å². The topological polar surface area (TPSA) is 78.3 Å². The summed E-state index contributed by atoms with van der Waals surface area (Å²) >= 11 is 6.62. The van der Waals surface area contributed by atoms with E-state index in [-0.39, 0.29) is 27.0 Å². The predicted octanol–water partition coefficient (Wildman–Crippen LogP) is 3.08. The van der Waals surface area contributed by atoms with Crippen molar-refractivity contribution < 1.29 is 13.9 Å². The largest absolute Gasteiger partial charge is 0.459 e. The number of ether oxygens (including phenoxy) is 1. The van der Waals surface area contributed by atoms with Crippen molar-refractivity contribution in [2.45, 2.75) is 31.3 Å². The molecular formula is C12H16ClFN2O2S. The molecule has 0 amide bonds. The van der Waals surface area contributed by atoms with Gasteiger partial charge < -0.3 is 16.2 Å². The molecule has 0 aliphatic heterocycles. The maximum Gasteiger partial charge on any atom is 0.316 e. The number of rotatable bonds is 3. The molecule has 0 spiro atoms. The average Bonchev–Trinajstić information content (AvgIpc) is 2.23. The van der Waals surface area contributed by atoms with E-state index in [0.29, 0.717) is 0 Å². The highest BCUT2D eigenvalue weighted by molar-refractivity contribution is 8.00. The predicted molar refractivity (Wildman–Crippen MR) is 76.8 cm³/mol. The minimum Gasteiger partial charge on any atom is -0.459 e. The number of thioether (sulfide) groups is 1. The summed E-state index contributed by atoms with van der Waals surface area (Å²) in [5.41, 5.74) is 10.8.